The zero-order chi connectivity index (χ0) is 14.2. The van der Waals surface area contributed by atoms with Crippen molar-refractivity contribution in [2.75, 3.05) is 30.9 Å². The van der Waals surface area contributed by atoms with Crippen molar-refractivity contribution in [3.05, 3.63) is 23.8 Å². The average molecular weight is 263 g/mol. The lowest BCUT2D eigenvalue weighted by molar-refractivity contribution is 0.0451. The minimum Gasteiger partial charge on any atom is -0.389 e. The molecule has 2 amide bonds. The van der Waals surface area contributed by atoms with Gasteiger partial charge in [0.2, 0.25) is 0 Å². The van der Waals surface area contributed by atoms with Crippen LogP contribution in [0.25, 0.3) is 0 Å². The Bertz CT molecular complexity index is 494. The Labute approximate surface area is 113 Å². The lowest BCUT2D eigenvalue weighted by atomic mass is 10.1. The number of β-amino-alcohol motifs (C(OH)–C–C–N with tert-alkyl or cyclic N) is 1. The van der Waals surface area contributed by atoms with Crippen molar-refractivity contribution in [1.29, 1.82) is 0 Å². The smallest absolute Gasteiger partial charge is 0.324 e. The molecule has 0 atom stereocenters. The molecule has 5 heteroatoms. The highest BCUT2D eigenvalue weighted by Gasteiger charge is 2.31. The average Bonchev–Trinajstić information content (AvgIpc) is 2.33. The molecule has 0 saturated heterocycles. The van der Waals surface area contributed by atoms with Crippen molar-refractivity contribution < 1.29 is 9.90 Å². The summed E-state index contributed by atoms with van der Waals surface area (Å²) in [5.41, 5.74) is 2.10. The summed E-state index contributed by atoms with van der Waals surface area (Å²) in [5.74, 6) is 0. The molecule has 0 spiro atoms. The van der Waals surface area contributed by atoms with Crippen molar-refractivity contribution in [1.82, 2.24) is 4.90 Å². The van der Waals surface area contributed by atoms with Gasteiger partial charge in [-0.1, -0.05) is 6.07 Å². The molecule has 0 fully saturated rings. The van der Waals surface area contributed by atoms with Gasteiger partial charge < -0.3 is 15.3 Å². The van der Waals surface area contributed by atoms with Crippen LogP contribution >= 0.6 is 0 Å². The fraction of sp³-hybridized carbons (Fsp3) is 0.500. The molecule has 104 valence electrons. The van der Waals surface area contributed by atoms with Gasteiger partial charge in [-0.2, -0.15) is 0 Å². The maximum atomic E-state index is 12.3. The van der Waals surface area contributed by atoms with Crippen LogP contribution < -0.4 is 10.2 Å². The van der Waals surface area contributed by atoms with E-state index in [0.29, 0.717) is 13.1 Å². The van der Waals surface area contributed by atoms with E-state index in [2.05, 4.69) is 5.32 Å². The van der Waals surface area contributed by atoms with Crippen LogP contribution in [0.4, 0.5) is 16.2 Å². The topological polar surface area (TPSA) is 55.8 Å². The van der Waals surface area contributed by atoms with Crippen LogP contribution in [-0.4, -0.2) is 42.3 Å². The van der Waals surface area contributed by atoms with E-state index in [4.69, 9.17) is 0 Å². The normalized spacial score (nSPS) is 15.5. The molecule has 1 aromatic rings. The van der Waals surface area contributed by atoms with Gasteiger partial charge in [-0.05, 0) is 31.5 Å². The zero-order valence-electron chi connectivity index (χ0n) is 11.9. The number of aliphatic hydroxyl groups is 1. The monoisotopic (exact) mass is 263 g/mol. The highest BCUT2D eigenvalue weighted by atomic mass is 16.3. The first kappa shape index (κ1) is 13.7. The summed E-state index contributed by atoms with van der Waals surface area (Å²) >= 11 is 0. The molecule has 1 aromatic carbocycles. The first-order valence-electron chi connectivity index (χ1n) is 6.37. The number of amides is 2. The molecule has 0 saturated carbocycles. The summed E-state index contributed by atoms with van der Waals surface area (Å²) in [6.45, 7) is 4.27. The fourth-order valence-corrected chi connectivity index (χ4v) is 2.34. The van der Waals surface area contributed by atoms with Crippen molar-refractivity contribution in [3.63, 3.8) is 0 Å². The van der Waals surface area contributed by atoms with Gasteiger partial charge in [0.25, 0.3) is 0 Å². The number of nitrogens with one attached hydrogen (secondary N) is 1. The number of rotatable bonds is 3. The second kappa shape index (κ2) is 4.74. The predicted molar refractivity (Wildman–Crippen MR) is 76.5 cm³/mol. The van der Waals surface area contributed by atoms with Crippen LogP contribution in [0, 0.1) is 0 Å². The Morgan fingerprint density at radius 1 is 1.42 bits per heavy atom. The molecular formula is C14H21N3O2. The van der Waals surface area contributed by atoms with Crippen LogP contribution in [0.3, 0.4) is 0 Å². The predicted octanol–water partition coefficient (Wildman–Crippen LogP) is 1.87. The van der Waals surface area contributed by atoms with E-state index in [9.17, 15) is 9.90 Å². The van der Waals surface area contributed by atoms with E-state index in [0.717, 1.165) is 16.9 Å². The molecule has 1 heterocycles. The minimum atomic E-state index is -0.890. The standard InChI is InChI=1S/C14H21N3O2/c1-14(2,19)9-17-8-10-5-6-11(15-3)7-12(10)16(4)13(17)18/h5-7,15,19H,8-9H2,1-4H3. The van der Waals surface area contributed by atoms with Crippen molar-refractivity contribution >= 4 is 17.4 Å². The van der Waals surface area contributed by atoms with E-state index in [1.807, 2.05) is 25.2 Å². The highest BCUT2D eigenvalue weighted by molar-refractivity contribution is 5.95. The van der Waals surface area contributed by atoms with Gasteiger partial charge in [-0.25, -0.2) is 4.79 Å². The van der Waals surface area contributed by atoms with Crippen LogP contribution in [0.1, 0.15) is 19.4 Å². The Morgan fingerprint density at radius 3 is 2.68 bits per heavy atom. The summed E-state index contributed by atoms with van der Waals surface area (Å²) in [6.07, 6.45) is 0. The van der Waals surface area contributed by atoms with Crippen molar-refractivity contribution in [3.8, 4) is 0 Å². The third-order valence-electron chi connectivity index (χ3n) is 3.23. The molecule has 0 bridgehead atoms. The van der Waals surface area contributed by atoms with Crippen molar-refractivity contribution in [2.45, 2.75) is 26.0 Å². The lowest BCUT2D eigenvalue weighted by Gasteiger charge is -2.37. The van der Waals surface area contributed by atoms with Crippen molar-refractivity contribution in [2.24, 2.45) is 0 Å². The van der Waals surface area contributed by atoms with Gasteiger partial charge in [0.1, 0.15) is 0 Å². The molecule has 1 aliphatic heterocycles. The molecule has 19 heavy (non-hydrogen) atoms. The molecule has 0 aromatic heterocycles. The van der Waals surface area contributed by atoms with Crippen LogP contribution in [0.5, 0.6) is 0 Å². The molecule has 2 rings (SSSR count). The number of anilines is 2. The molecular weight excluding hydrogens is 242 g/mol. The first-order valence-corrected chi connectivity index (χ1v) is 6.37. The zero-order valence-corrected chi connectivity index (χ0v) is 11.9. The number of hydrogen-bond donors (Lipinski definition) is 2. The van der Waals surface area contributed by atoms with Crippen LogP contribution in [-0.2, 0) is 6.54 Å². The van der Waals surface area contributed by atoms with E-state index >= 15 is 0 Å². The van der Waals surface area contributed by atoms with Crippen LogP contribution in [0.15, 0.2) is 18.2 Å². The summed E-state index contributed by atoms with van der Waals surface area (Å²) in [5, 5.41) is 13.0. The maximum Gasteiger partial charge on any atom is 0.324 e. The largest absolute Gasteiger partial charge is 0.389 e. The Morgan fingerprint density at radius 2 is 2.11 bits per heavy atom. The number of nitrogens with zero attached hydrogens (tertiary/aromatic N) is 2. The SMILES string of the molecule is CNc1ccc2c(c1)N(C)C(=O)N(CC(C)(C)O)C2. The van der Waals surface area contributed by atoms with E-state index < -0.39 is 5.60 Å². The summed E-state index contributed by atoms with van der Waals surface area (Å²) in [6, 6.07) is 5.89. The van der Waals surface area contributed by atoms with Gasteiger partial charge in [0, 0.05) is 26.3 Å². The first-order chi connectivity index (χ1) is 8.81. The molecule has 2 N–H and O–H groups in total. The summed E-state index contributed by atoms with van der Waals surface area (Å²) in [7, 11) is 3.62. The number of carbonyl (C=O) groups is 1. The molecule has 0 aliphatic carbocycles. The Balaban J connectivity index is 2.31. The second-order valence-corrected chi connectivity index (χ2v) is 5.60. The number of benzene rings is 1. The quantitative estimate of drug-likeness (QED) is 0.875. The maximum absolute atomic E-state index is 12.3. The minimum absolute atomic E-state index is 0.0807. The molecule has 5 nitrogen and oxygen atoms in total. The number of carbonyl (C=O) groups excluding carboxylic acids is 1. The van der Waals surface area contributed by atoms with E-state index in [1.54, 1.807) is 30.7 Å². The third-order valence-corrected chi connectivity index (χ3v) is 3.23. The number of hydrogen-bond acceptors (Lipinski definition) is 3. The van der Waals surface area contributed by atoms with E-state index in [-0.39, 0.29) is 6.03 Å². The lowest BCUT2D eigenvalue weighted by Crippen LogP contribution is -2.50. The van der Waals surface area contributed by atoms with Gasteiger partial charge in [0.15, 0.2) is 0 Å². The van der Waals surface area contributed by atoms with Gasteiger partial charge >= 0.3 is 6.03 Å². The summed E-state index contributed by atoms with van der Waals surface area (Å²) < 4.78 is 0. The Hall–Kier alpha value is -1.75. The number of urea groups is 1. The number of fused-ring (bicyclic) bond motifs is 1. The second-order valence-electron chi connectivity index (χ2n) is 5.60. The fourth-order valence-electron chi connectivity index (χ4n) is 2.34. The highest BCUT2D eigenvalue weighted by Crippen LogP contribution is 2.30. The van der Waals surface area contributed by atoms with E-state index in [1.165, 1.54) is 0 Å². The molecule has 1 aliphatic rings. The van der Waals surface area contributed by atoms with Gasteiger partial charge in [-0.15, -0.1) is 0 Å². The third kappa shape index (κ3) is 2.81. The molecule has 0 unspecified atom stereocenters. The van der Waals surface area contributed by atoms with Gasteiger partial charge in [-0.3, -0.25) is 4.90 Å². The Kier molecular flexibility index (Phi) is 3.41. The van der Waals surface area contributed by atoms with Gasteiger partial charge in [0.05, 0.1) is 17.8 Å². The molecule has 0 radical (unpaired) electrons. The summed E-state index contributed by atoms with van der Waals surface area (Å²) in [4.78, 5) is 15.6. The van der Waals surface area contributed by atoms with Crippen LogP contribution in [0.2, 0.25) is 0 Å².